The summed E-state index contributed by atoms with van der Waals surface area (Å²) in [6.45, 7) is 11.1. The van der Waals surface area contributed by atoms with Crippen LogP contribution in [0.1, 0.15) is 26.7 Å². The Kier molecular flexibility index (Phi) is 4.05. The Morgan fingerprint density at radius 2 is 1.71 bits per heavy atom. The summed E-state index contributed by atoms with van der Waals surface area (Å²) in [7, 11) is 0. The maximum atomic E-state index is 12.1. The first kappa shape index (κ1) is 12.8. The van der Waals surface area contributed by atoms with E-state index in [0.29, 0.717) is 17.9 Å². The topological polar surface area (TPSA) is 35.6 Å². The van der Waals surface area contributed by atoms with Gasteiger partial charge in [-0.05, 0) is 18.3 Å². The van der Waals surface area contributed by atoms with Crippen LogP contribution in [0.25, 0.3) is 0 Å². The Morgan fingerprint density at radius 1 is 1.12 bits per heavy atom. The summed E-state index contributed by atoms with van der Waals surface area (Å²) in [5, 5.41) is 3.31. The predicted octanol–water partition coefficient (Wildman–Crippen LogP) is 0.540. The van der Waals surface area contributed by atoms with Gasteiger partial charge in [0, 0.05) is 39.3 Å². The van der Waals surface area contributed by atoms with Crippen LogP contribution in [-0.2, 0) is 4.79 Å². The molecule has 0 aromatic heterocycles. The van der Waals surface area contributed by atoms with Crippen LogP contribution in [0, 0.1) is 5.41 Å². The summed E-state index contributed by atoms with van der Waals surface area (Å²) in [6, 6.07) is 0. The molecule has 1 amide bonds. The lowest BCUT2D eigenvalue weighted by Crippen LogP contribution is -2.50. The van der Waals surface area contributed by atoms with Crippen LogP contribution in [0.5, 0.6) is 0 Å². The summed E-state index contributed by atoms with van der Waals surface area (Å²) < 4.78 is 0. The van der Waals surface area contributed by atoms with E-state index >= 15 is 0 Å². The Bertz CT molecular complexity index is 262. The molecule has 0 atom stereocenters. The van der Waals surface area contributed by atoms with E-state index in [-0.39, 0.29) is 0 Å². The number of piperidine rings is 1. The van der Waals surface area contributed by atoms with Gasteiger partial charge in [-0.2, -0.15) is 0 Å². The third-order valence-corrected chi connectivity index (χ3v) is 4.04. The van der Waals surface area contributed by atoms with Crippen LogP contribution < -0.4 is 5.32 Å². The van der Waals surface area contributed by atoms with Gasteiger partial charge in [-0.3, -0.25) is 9.69 Å². The number of likely N-dealkylation sites (tertiary alicyclic amines) is 1. The lowest BCUT2D eigenvalue weighted by atomic mass is 9.83. The summed E-state index contributed by atoms with van der Waals surface area (Å²) in [4.78, 5) is 16.5. The van der Waals surface area contributed by atoms with Crippen molar-refractivity contribution in [1.82, 2.24) is 15.1 Å². The summed E-state index contributed by atoms with van der Waals surface area (Å²) in [5.74, 6) is 0.322. The minimum atomic E-state index is 0.322. The summed E-state index contributed by atoms with van der Waals surface area (Å²) >= 11 is 0. The van der Waals surface area contributed by atoms with Gasteiger partial charge in [0.05, 0.1) is 6.54 Å². The number of hydrogen-bond acceptors (Lipinski definition) is 3. The maximum absolute atomic E-state index is 12.1. The monoisotopic (exact) mass is 239 g/mol. The van der Waals surface area contributed by atoms with E-state index in [4.69, 9.17) is 0 Å². The average molecular weight is 239 g/mol. The molecule has 2 rings (SSSR count). The third-order valence-electron chi connectivity index (χ3n) is 4.04. The second kappa shape index (κ2) is 5.36. The van der Waals surface area contributed by atoms with Crippen LogP contribution in [0.15, 0.2) is 0 Å². The molecule has 4 heteroatoms. The zero-order valence-electron chi connectivity index (χ0n) is 11.2. The van der Waals surface area contributed by atoms with Crippen molar-refractivity contribution in [3.05, 3.63) is 0 Å². The molecule has 0 saturated carbocycles. The fourth-order valence-corrected chi connectivity index (χ4v) is 2.52. The lowest BCUT2D eigenvalue weighted by molar-refractivity contribution is -0.134. The van der Waals surface area contributed by atoms with Gasteiger partial charge in [0.1, 0.15) is 0 Å². The molecule has 0 radical (unpaired) electrons. The molecule has 0 aliphatic carbocycles. The first-order valence-electron chi connectivity index (χ1n) is 6.78. The molecule has 0 bridgehead atoms. The van der Waals surface area contributed by atoms with E-state index in [2.05, 4.69) is 24.1 Å². The molecule has 17 heavy (non-hydrogen) atoms. The third kappa shape index (κ3) is 3.68. The van der Waals surface area contributed by atoms with Crippen LogP contribution in [0.4, 0.5) is 0 Å². The number of amides is 1. The largest absolute Gasteiger partial charge is 0.342 e. The molecular weight excluding hydrogens is 214 g/mol. The highest BCUT2D eigenvalue weighted by molar-refractivity contribution is 5.78. The molecule has 0 aromatic carbocycles. The van der Waals surface area contributed by atoms with Crippen molar-refractivity contribution in [3.63, 3.8) is 0 Å². The Balaban J connectivity index is 1.76. The van der Waals surface area contributed by atoms with Gasteiger partial charge in [-0.1, -0.05) is 13.8 Å². The minimum Gasteiger partial charge on any atom is -0.342 e. The van der Waals surface area contributed by atoms with E-state index in [1.807, 2.05) is 4.90 Å². The number of piperazine rings is 1. The normalized spacial score (nSPS) is 25.9. The Hall–Kier alpha value is -0.610. The van der Waals surface area contributed by atoms with Gasteiger partial charge in [0.25, 0.3) is 0 Å². The molecule has 4 nitrogen and oxygen atoms in total. The number of nitrogens with zero attached hydrogens (tertiary/aromatic N) is 2. The second-order valence-electron chi connectivity index (χ2n) is 6.07. The van der Waals surface area contributed by atoms with Crippen LogP contribution >= 0.6 is 0 Å². The average Bonchev–Trinajstić information content (AvgIpc) is 2.30. The summed E-state index contributed by atoms with van der Waals surface area (Å²) in [5.41, 5.74) is 0.422. The number of carbonyl (C=O) groups excluding carboxylic acids is 1. The highest BCUT2D eigenvalue weighted by atomic mass is 16.2. The molecular formula is C13H25N3O. The van der Waals surface area contributed by atoms with Crippen LogP contribution in [0.2, 0.25) is 0 Å². The van der Waals surface area contributed by atoms with Crippen molar-refractivity contribution in [2.45, 2.75) is 26.7 Å². The van der Waals surface area contributed by atoms with Crippen LogP contribution in [-0.4, -0.2) is 61.5 Å². The van der Waals surface area contributed by atoms with E-state index in [1.165, 1.54) is 0 Å². The molecule has 0 unspecified atom stereocenters. The Labute approximate surface area is 104 Å². The van der Waals surface area contributed by atoms with Crippen molar-refractivity contribution in [2.75, 3.05) is 45.8 Å². The molecule has 2 saturated heterocycles. The number of carbonyl (C=O) groups is 1. The number of hydrogen-bond donors (Lipinski definition) is 1. The van der Waals surface area contributed by atoms with Crippen LogP contribution in [0.3, 0.4) is 0 Å². The quantitative estimate of drug-likeness (QED) is 0.764. The molecule has 2 fully saturated rings. The first-order chi connectivity index (χ1) is 8.07. The fraction of sp³-hybridized carbons (Fsp3) is 0.923. The molecule has 1 N–H and O–H groups in total. The maximum Gasteiger partial charge on any atom is 0.236 e. The second-order valence-corrected chi connectivity index (χ2v) is 6.07. The molecule has 2 aliphatic heterocycles. The highest BCUT2D eigenvalue weighted by Gasteiger charge is 2.28. The van der Waals surface area contributed by atoms with Crippen molar-refractivity contribution < 1.29 is 4.79 Å². The van der Waals surface area contributed by atoms with Gasteiger partial charge < -0.3 is 10.2 Å². The summed E-state index contributed by atoms with van der Waals surface area (Å²) in [6.07, 6.45) is 2.28. The van der Waals surface area contributed by atoms with E-state index in [9.17, 15) is 4.79 Å². The lowest BCUT2D eigenvalue weighted by Gasteiger charge is -2.38. The van der Waals surface area contributed by atoms with Crippen molar-refractivity contribution in [2.24, 2.45) is 5.41 Å². The zero-order valence-corrected chi connectivity index (χ0v) is 11.2. The number of rotatable bonds is 2. The number of nitrogens with one attached hydrogen (secondary N) is 1. The smallest absolute Gasteiger partial charge is 0.236 e. The molecule has 2 aliphatic rings. The van der Waals surface area contributed by atoms with Crippen molar-refractivity contribution >= 4 is 5.91 Å². The van der Waals surface area contributed by atoms with Gasteiger partial charge in [0.2, 0.25) is 5.91 Å². The molecule has 0 aromatic rings. The minimum absolute atomic E-state index is 0.322. The zero-order chi connectivity index (χ0) is 12.3. The van der Waals surface area contributed by atoms with E-state index < -0.39 is 0 Å². The molecule has 0 spiro atoms. The highest BCUT2D eigenvalue weighted by Crippen LogP contribution is 2.29. The molecule has 98 valence electrons. The fourth-order valence-electron chi connectivity index (χ4n) is 2.52. The SMILES string of the molecule is CC1(C)CCN(C(=O)CN2CCNCC2)CC1. The standard InChI is InChI=1S/C13H25N3O/c1-13(2)3-7-16(8-4-13)12(17)11-15-9-5-14-6-10-15/h14H,3-11H2,1-2H3. The predicted molar refractivity (Wildman–Crippen MR) is 68.9 cm³/mol. The van der Waals surface area contributed by atoms with Gasteiger partial charge in [-0.25, -0.2) is 0 Å². The Morgan fingerprint density at radius 3 is 2.29 bits per heavy atom. The van der Waals surface area contributed by atoms with Crippen molar-refractivity contribution in [3.8, 4) is 0 Å². The van der Waals surface area contributed by atoms with Crippen molar-refractivity contribution in [1.29, 1.82) is 0 Å². The van der Waals surface area contributed by atoms with E-state index in [0.717, 1.165) is 52.1 Å². The van der Waals surface area contributed by atoms with E-state index in [1.54, 1.807) is 0 Å². The van der Waals surface area contributed by atoms with Gasteiger partial charge in [0.15, 0.2) is 0 Å². The van der Waals surface area contributed by atoms with Gasteiger partial charge in [-0.15, -0.1) is 0 Å². The van der Waals surface area contributed by atoms with Gasteiger partial charge >= 0.3 is 0 Å². The first-order valence-corrected chi connectivity index (χ1v) is 6.78. The molecule has 2 heterocycles.